The minimum Gasteiger partial charge on any atom is -0.389 e. The topological polar surface area (TPSA) is 81.4 Å². The Morgan fingerprint density at radius 2 is 2.15 bits per heavy atom. The summed E-state index contributed by atoms with van der Waals surface area (Å²) < 4.78 is 32.3. The third-order valence-corrected chi connectivity index (χ3v) is 4.66. The highest BCUT2D eigenvalue weighted by Gasteiger charge is 2.19. The van der Waals surface area contributed by atoms with Crippen LogP contribution in [0, 0.1) is 6.92 Å². The molecular formula is C13H20N2O3S2. The minimum atomic E-state index is -3.58. The van der Waals surface area contributed by atoms with E-state index in [9.17, 15) is 8.42 Å². The highest BCUT2D eigenvalue weighted by Crippen LogP contribution is 2.17. The van der Waals surface area contributed by atoms with Crippen molar-refractivity contribution in [2.75, 3.05) is 13.2 Å². The Labute approximate surface area is 125 Å². The van der Waals surface area contributed by atoms with E-state index in [1.807, 2.05) is 6.92 Å². The van der Waals surface area contributed by atoms with Crippen molar-refractivity contribution in [2.24, 2.45) is 5.73 Å². The molecule has 0 aliphatic heterocycles. The van der Waals surface area contributed by atoms with Crippen molar-refractivity contribution in [3.63, 3.8) is 0 Å². The van der Waals surface area contributed by atoms with Crippen LogP contribution in [0.5, 0.6) is 0 Å². The van der Waals surface area contributed by atoms with Gasteiger partial charge in [-0.3, -0.25) is 0 Å². The minimum absolute atomic E-state index is 0.223. The fraction of sp³-hybridized carbons (Fsp3) is 0.462. The molecule has 5 nitrogen and oxygen atoms in total. The van der Waals surface area contributed by atoms with Crippen LogP contribution in [0.2, 0.25) is 0 Å². The summed E-state index contributed by atoms with van der Waals surface area (Å²) in [4.78, 5) is 0.468. The number of hydrogen-bond acceptors (Lipinski definition) is 4. The molecule has 0 aromatic heterocycles. The number of thiocarbonyl (C=S) groups is 1. The molecule has 0 bridgehead atoms. The van der Waals surface area contributed by atoms with Gasteiger partial charge in [-0.25, -0.2) is 13.1 Å². The molecule has 0 aliphatic carbocycles. The maximum absolute atomic E-state index is 12.3. The maximum Gasteiger partial charge on any atom is 0.241 e. The smallest absolute Gasteiger partial charge is 0.241 e. The van der Waals surface area contributed by atoms with E-state index in [0.29, 0.717) is 24.3 Å². The highest BCUT2D eigenvalue weighted by molar-refractivity contribution is 7.89. The van der Waals surface area contributed by atoms with Gasteiger partial charge in [-0.15, -0.1) is 0 Å². The first-order valence-electron chi connectivity index (χ1n) is 6.28. The molecule has 20 heavy (non-hydrogen) atoms. The Bertz CT molecular complexity index is 585. The SMILES string of the molecule is CCOCC(C)NS(=O)(=O)c1ccc(C(N)=S)cc1C. The van der Waals surface area contributed by atoms with Crippen molar-refractivity contribution in [1.29, 1.82) is 0 Å². The summed E-state index contributed by atoms with van der Waals surface area (Å²) in [6.07, 6.45) is 0. The van der Waals surface area contributed by atoms with Crippen LogP contribution < -0.4 is 10.5 Å². The number of nitrogens with two attached hydrogens (primary N) is 1. The quantitative estimate of drug-likeness (QED) is 0.742. The predicted molar refractivity (Wildman–Crippen MR) is 83.3 cm³/mol. The second-order valence-corrected chi connectivity index (χ2v) is 6.65. The Kier molecular flexibility index (Phi) is 6.07. The molecule has 0 fully saturated rings. The Morgan fingerprint density at radius 3 is 2.65 bits per heavy atom. The average Bonchev–Trinajstić information content (AvgIpc) is 2.35. The number of nitrogens with one attached hydrogen (secondary N) is 1. The number of benzene rings is 1. The van der Waals surface area contributed by atoms with Crippen LogP contribution in [0.4, 0.5) is 0 Å². The first-order chi connectivity index (χ1) is 9.27. The highest BCUT2D eigenvalue weighted by atomic mass is 32.2. The van der Waals surface area contributed by atoms with Gasteiger partial charge in [0.2, 0.25) is 10.0 Å². The van der Waals surface area contributed by atoms with Crippen molar-refractivity contribution in [1.82, 2.24) is 4.72 Å². The maximum atomic E-state index is 12.3. The van der Waals surface area contributed by atoms with E-state index < -0.39 is 10.0 Å². The van der Waals surface area contributed by atoms with Crippen LogP contribution in [-0.4, -0.2) is 32.7 Å². The molecule has 1 atom stereocenters. The van der Waals surface area contributed by atoms with E-state index in [1.54, 1.807) is 26.0 Å². The molecule has 112 valence electrons. The molecule has 1 rings (SSSR count). The zero-order valence-electron chi connectivity index (χ0n) is 11.8. The number of rotatable bonds is 7. The molecule has 0 spiro atoms. The summed E-state index contributed by atoms with van der Waals surface area (Å²) in [5.41, 5.74) is 6.78. The first-order valence-corrected chi connectivity index (χ1v) is 8.17. The Hall–Kier alpha value is -1.02. The number of ether oxygens (including phenoxy) is 1. The van der Waals surface area contributed by atoms with Gasteiger partial charge in [0, 0.05) is 18.2 Å². The van der Waals surface area contributed by atoms with Gasteiger partial charge in [0.05, 0.1) is 11.5 Å². The molecule has 3 N–H and O–H groups in total. The lowest BCUT2D eigenvalue weighted by atomic mass is 10.1. The lowest BCUT2D eigenvalue weighted by Crippen LogP contribution is -2.36. The van der Waals surface area contributed by atoms with Crippen LogP contribution >= 0.6 is 12.2 Å². The third-order valence-electron chi connectivity index (χ3n) is 2.68. The van der Waals surface area contributed by atoms with E-state index in [-0.39, 0.29) is 15.9 Å². The number of hydrogen-bond donors (Lipinski definition) is 2. The fourth-order valence-corrected chi connectivity index (χ4v) is 3.34. The van der Waals surface area contributed by atoms with Gasteiger partial charge in [0.15, 0.2) is 0 Å². The second-order valence-electron chi connectivity index (χ2n) is 4.53. The van der Waals surface area contributed by atoms with Gasteiger partial charge in [-0.2, -0.15) is 0 Å². The molecule has 7 heteroatoms. The van der Waals surface area contributed by atoms with Crippen molar-refractivity contribution < 1.29 is 13.2 Å². The van der Waals surface area contributed by atoms with E-state index in [0.717, 1.165) is 0 Å². The summed E-state index contributed by atoms with van der Waals surface area (Å²) in [7, 11) is -3.58. The number of sulfonamides is 1. The third kappa shape index (κ3) is 4.52. The average molecular weight is 316 g/mol. The Morgan fingerprint density at radius 1 is 1.50 bits per heavy atom. The second kappa shape index (κ2) is 7.12. The molecule has 0 aliphatic rings. The van der Waals surface area contributed by atoms with Crippen molar-refractivity contribution in [3.05, 3.63) is 29.3 Å². The van der Waals surface area contributed by atoms with Crippen LogP contribution in [0.1, 0.15) is 25.0 Å². The number of aryl methyl sites for hydroxylation is 1. The summed E-state index contributed by atoms with van der Waals surface area (Å²) in [5, 5.41) is 0. The molecule has 1 aromatic carbocycles. The van der Waals surface area contributed by atoms with Crippen LogP contribution in [-0.2, 0) is 14.8 Å². The van der Waals surface area contributed by atoms with Crippen LogP contribution in [0.25, 0.3) is 0 Å². The summed E-state index contributed by atoms with van der Waals surface area (Å²) in [6, 6.07) is 4.50. The lowest BCUT2D eigenvalue weighted by molar-refractivity contribution is 0.133. The molecule has 0 saturated heterocycles. The predicted octanol–water partition coefficient (Wildman–Crippen LogP) is 1.33. The monoisotopic (exact) mass is 316 g/mol. The zero-order chi connectivity index (χ0) is 15.3. The van der Waals surface area contributed by atoms with Gasteiger partial charge >= 0.3 is 0 Å². The van der Waals surface area contributed by atoms with Crippen LogP contribution in [0.15, 0.2) is 23.1 Å². The lowest BCUT2D eigenvalue weighted by Gasteiger charge is -2.15. The molecule has 0 heterocycles. The van der Waals surface area contributed by atoms with Gasteiger partial charge < -0.3 is 10.5 Å². The van der Waals surface area contributed by atoms with Gasteiger partial charge in [0.25, 0.3) is 0 Å². The Balaban J connectivity index is 2.95. The molecule has 1 unspecified atom stereocenters. The summed E-state index contributed by atoms with van der Waals surface area (Å²) in [6.45, 7) is 6.21. The standard InChI is InChI=1S/C13H20N2O3S2/c1-4-18-8-10(3)15-20(16,17)12-6-5-11(13(14)19)7-9(12)2/h5-7,10,15H,4,8H2,1-3H3,(H2,14,19). The van der Waals surface area contributed by atoms with Gasteiger partial charge in [-0.1, -0.05) is 18.3 Å². The normalized spacial score (nSPS) is 13.2. The fourth-order valence-electron chi connectivity index (χ4n) is 1.76. The summed E-state index contributed by atoms with van der Waals surface area (Å²) >= 11 is 4.87. The van der Waals surface area contributed by atoms with Crippen molar-refractivity contribution in [2.45, 2.75) is 31.7 Å². The molecule has 0 amide bonds. The largest absolute Gasteiger partial charge is 0.389 e. The van der Waals surface area contributed by atoms with Crippen LogP contribution in [0.3, 0.4) is 0 Å². The van der Waals surface area contributed by atoms with Crippen molar-refractivity contribution in [3.8, 4) is 0 Å². The first kappa shape index (κ1) is 17.0. The van der Waals surface area contributed by atoms with Gasteiger partial charge in [-0.05, 0) is 38.5 Å². The zero-order valence-corrected chi connectivity index (χ0v) is 13.5. The van der Waals surface area contributed by atoms with E-state index in [1.165, 1.54) is 6.07 Å². The molecule has 0 radical (unpaired) electrons. The van der Waals surface area contributed by atoms with Gasteiger partial charge in [0.1, 0.15) is 4.99 Å². The van der Waals surface area contributed by atoms with E-state index in [2.05, 4.69) is 4.72 Å². The molecule has 0 saturated carbocycles. The summed E-state index contributed by atoms with van der Waals surface area (Å²) in [5.74, 6) is 0. The molecular weight excluding hydrogens is 296 g/mol. The van der Waals surface area contributed by atoms with E-state index in [4.69, 9.17) is 22.7 Å². The van der Waals surface area contributed by atoms with E-state index >= 15 is 0 Å². The molecule has 1 aromatic rings. The van der Waals surface area contributed by atoms with Crippen molar-refractivity contribution >= 4 is 27.2 Å².